The van der Waals surface area contributed by atoms with Crippen molar-refractivity contribution >= 4 is 5.97 Å². The first-order valence-electron chi connectivity index (χ1n) is 5.83. The van der Waals surface area contributed by atoms with Gasteiger partial charge < -0.3 is 4.74 Å². The average molecular weight is 245 g/mol. The van der Waals surface area contributed by atoms with Crippen LogP contribution in [-0.4, -0.2) is 28.0 Å². The highest BCUT2D eigenvalue weighted by Crippen LogP contribution is 2.12. The van der Waals surface area contributed by atoms with Crippen LogP contribution < -0.4 is 0 Å². The summed E-state index contributed by atoms with van der Waals surface area (Å²) in [4.78, 5) is 11.6. The lowest BCUT2D eigenvalue weighted by Crippen LogP contribution is -2.08. The van der Waals surface area contributed by atoms with Crippen LogP contribution in [0.3, 0.4) is 0 Å². The number of aromatic amines is 1. The third kappa shape index (κ3) is 2.74. The first-order chi connectivity index (χ1) is 8.70. The summed E-state index contributed by atoms with van der Waals surface area (Å²) in [6.07, 6.45) is 0.562. The third-order valence-electron chi connectivity index (χ3n) is 2.54. The number of H-pyrrole nitrogens is 1. The van der Waals surface area contributed by atoms with Crippen molar-refractivity contribution in [3.05, 3.63) is 46.8 Å². The van der Waals surface area contributed by atoms with E-state index in [-0.39, 0.29) is 5.69 Å². The molecule has 1 N–H and O–H groups in total. The molecular formula is C13H15N3O2. The van der Waals surface area contributed by atoms with Gasteiger partial charge in [0.15, 0.2) is 5.69 Å². The first kappa shape index (κ1) is 12.3. The fraction of sp³-hybridized carbons (Fsp3) is 0.308. The van der Waals surface area contributed by atoms with Gasteiger partial charge in [-0.3, -0.25) is 0 Å². The van der Waals surface area contributed by atoms with Crippen molar-refractivity contribution < 1.29 is 9.53 Å². The van der Waals surface area contributed by atoms with E-state index in [9.17, 15) is 4.79 Å². The summed E-state index contributed by atoms with van der Waals surface area (Å²) in [5.41, 5.74) is 3.14. The van der Waals surface area contributed by atoms with Crippen LogP contribution >= 0.6 is 0 Å². The highest BCUT2D eigenvalue weighted by molar-refractivity contribution is 5.88. The van der Waals surface area contributed by atoms with Gasteiger partial charge in [-0.25, -0.2) is 4.79 Å². The molecule has 0 amide bonds. The van der Waals surface area contributed by atoms with Crippen molar-refractivity contribution in [1.82, 2.24) is 15.4 Å². The molecule has 1 aromatic heterocycles. The van der Waals surface area contributed by atoms with E-state index in [4.69, 9.17) is 4.74 Å². The van der Waals surface area contributed by atoms with E-state index in [1.54, 1.807) is 6.92 Å². The molecule has 0 aliphatic heterocycles. The highest BCUT2D eigenvalue weighted by Gasteiger charge is 2.17. The van der Waals surface area contributed by atoms with Crippen LogP contribution in [-0.2, 0) is 11.2 Å². The molecule has 0 aliphatic rings. The van der Waals surface area contributed by atoms with Gasteiger partial charge in [-0.05, 0) is 19.4 Å². The number of nitrogens with one attached hydrogen (secondary N) is 1. The number of esters is 1. The topological polar surface area (TPSA) is 67.9 Å². The minimum Gasteiger partial charge on any atom is -0.461 e. The Balaban J connectivity index is 2.20. The second-order valence-corrected chi connectivity index (χ2v) is 4.01. The lowest BCUT2D eigenvalue weighted by atomic mass is 10.1. The smallest absolute Gasteiger partial charge is 0.360 e. The molecule has 5 nitrogen and oxygen atoms in total. The summed E-state index contributed by atoms with van der Waals surface area (Å²) < 4.78 is 4.93. The van der Waals surface area contributed by atoms with Gasteiger partial charge in [-0.2, -0.15) is 10.3 Å². The van der Waals surface area contributed by atoms with Crippen molar-refractivity contribution in [2.45, 2.75) is 20.3 Å². The number of carbonyl (C=O) groups is 1. The Morgan fingerprint density at radius 3 is 2.94 bits per heavy atom. The Morgan fingerprint density at radius 1 is 1.39 bits per heavy atom. The van der Waals surface area contributed by atoms with Crippen molar-refractivity contribution in [3.63, 3.8) is 0 Å². The molecule has 94 valence electrons. The van der Waals surface area contributed by atoms with Crippen LogP contribution in [0.1, 0.15) is 34.2 Å². The van der Waals surface area contributed by atoms with Gasteiger partial charge in [-0.15, -0.1) is 5.10 Å². The second-order valence-electron chi connectivity index (χ2n) is 4.01. The number of benzene rings is 1. The lowest BCUT2D eigenvalue weighted by Gasteiger charge is -2.02. The van der Waals surface area contributed by atoms with Crippen LogP contribution in [0.5, 0.6) is 0 Å². The molecule has 0 unspecified atom stereocenters. The number of nitrogens with zero attached hydrogens (tertiary/aromatic N) is 2. The number of aromatic nitrogens is 3. The molecule has 0 bridgehead atoms. The summed E-state index contributed by atoms with van der Waals surface area (Å²) in [5.74, 6) is -0.436. The fourth-order valence-corrected chi connectivity index (χ4v) is 1.75. The van der Waals surface area contributed by atoms with Crippen LogP contribution in [0.2, 0.25) is 0 Å². The van der Waals surface area contributed by atoms with Gasteiger partial charge in [0.2, 0.25) is 0 Å². The average Bonchev–Trinajstić information content (AvgIpc) is 2.77. The summed E-state index contributed by atoms with van der Waals surface area (Å²) >= 11 is 0. The predicted molar refractivity (Wildman–Crippen MR) is 66.3 cm³/mol. The van der Waals surface area contributed by atoms with Gasteiger partial charge >= 0.3 is 5.97 Å². The van der Waals surface area contributed by atoms with E-state index in [1.165, 1.54) is 5.56 Å². The van der Waals surface area contributed by atoms with Crippen molar-refractivity contribution in [1.29, 1.82) is 0 Å². The number of ether oxygens (including phenoxy) is 1. The van der Waals surface area contributed by atoms with E-state index < -0.39 is 5.97 Å². The minimum atomic E-state index is -0.436. The molecule has 0 atom stereocenters. The molecule has 0 saturated heterocycles. The van der Waals surface area contributed by atoms with E-state index in [0.717, 1.165) is 5.56 Å². The molecule has 0 radical (unpaired) electrons. The molecule has 0 spiro atoms. The SMILES string of the molecule is CCOC(=O)c1n[nH]nc1Cc1cccc(C)c1. The molecule has 1 aromatic carbocycles. The minimum absolute atomic E-state index is 0.262. The predicted octanol–water partition coefficient (Wildman–Crippen LogP) is 1.88. The van der Waals surface area contributed by atoms with Gasteiger partial charge in [0, 0.05) is 6.42 Å². The van der Waals surface area contributed by atoms with Crippen LogP contribution in [0, 0.1) is 6.92 Å². The molecular weight excluding hydrogens is 230 g/mol. The standard InChI is InChI=1S/C13H15N3O2/c1-3-18-13(17)12-11(14-16-15-12)8-10-6-4-5-9(2)7-10/h4-7H,3,8H2,1-2H3,(H,14,15,16). The Morgan fingerprint density at radius 2 is 2.22 bits per heavy atom. The summed E-state index contributed by atoms with van der Waals surface area (Å²) in [6.45, 7) is 4.12. The van der Waals surface area contributed by atoms with Gasteiger partial charge in [0.1, 0.15) is 5.69 Å². The maximum atomic E-state index is 11.6. The van der Waals surface area contributed by atoms with Crippen molar-refractivity contribution in [2.75, 3.05) is 6.61 Å². The second kappa shape index (κ2) is 5.44. The number of aryl methyl sites for hydroxylation is 1. The molecule has 0 saturated carbocycles. The first-order valence-corrected chi connectivity index (χ1v) is 5.83. The largest absolute Gasteiger partial charge is 0.461 e. The van der Waals surface area contributed by atoms with Crippen molar-refractivity contribution in [2.24, 2.45) is 0 Å². The van der Waals surface area contributed by atoms with Crippen molar-refractivity contribution in [3.8, 4) is 0 Å². The molecule has 0 fully saturated rings. The Kier molecular flexibility index (Phi) is 3.72. The summed E-state index contributed by atoms with van der Waals surface area (Å²) in [5, 5.41) is 10.3. The third-order valence-corrected chi connectivity index (χ3v) is 2.54. The highest BCUT2D eigenvalue weighted by atomic mass is 16.5. The molecule has 5 heteroatoms. The van der Waals surface area contributed by atoms with Crippen LogP contribution in [0.4, 0.5) is 0 Å². The molecule has 18 heavy (non-hydrogen) atoms. The number of rotatable bonds is 4. The van der Waals surface area contributed by atoms with Crippen LogP contribution in [0.15, 0.2) is 24.3 Å². The van der Waals surface area contributed by atoms with E-state index in [0.29, 0.717) is 18.7 Å². The normalized spacial score (nSPS) is 10.3. The zero-order valence-electron chi connectivity index (χ0n) is 10.4. The van der Waals surface area contributed by atoms with E-state index in [2.05, 4.69) is 21.5 Å². The zero-order valence-corrected chi connectivity index (χ0v) is 10.4. The lowest BCUT2D eigenvalue weighted by molar-refractivity contribution is 0.0518. The molecule has 2 rings (SSSR count). The Bertz CT molecular complexity index is 549. The number of hydrogen-bond donors (Lipinski definition) is 1. The van der Waals surface area contributed by atoms with Gasteiger partial charge in [0.05, 0.1) is 6.61 Å². The van der Waals surface area contributed by atoms with Gasteiger partial charge in [-0.1, -0.05) is 29.8 Å². The maximum absolute atomic E-state index is 11.6. The van der Waals surface area contributed by atoms with E-state index >= 15 is 0 Å². The zero-order chi connectivity index (χ0) is 13.0. The molecule has 1 heterocycles. The maximum Gasteiger partial charge on any atom is 0.360 e. The Hall–Kier alpha value is -2.17. The fourth-order valence-electron chi connectivity index (χ4n) is 1.75. The summed E-state index contributed by atoms with van der Waals surface area (Å²) in [6, 6.07) is 8.06. The molecule has 0 aliphatic carbocycles. The Labute approximate surface area is 105 Å². The van der Waals surface area contributed by atoms with Crippen LogP contribution in [0.25, 0.3) is 0 Å². The number of hydrogen-bond acceptors (Lipinski definition) is 4. The quantitative estimate of drug-likeness (QED) is 0.835. The summed E-state index contributed by atoms with van der Waals surface area (Å²) in [7, 11) is 0. The monoisotopic (exact) mass is 245 g/mol. The van der Waals surface area contributed by atoms with Gasteiger partial charge in [0.25, 0.3) is 0 Å². The molecule has 2 aromatic rings. The number of carbonyl (C=O) groups excluding carboxylic acids is 1. The van der Waals surface area contributed by atoms with E-state index in [1.807, 2.05) is 25.1 Å².